The summed E-state index contributed by atoms with van der Waals surface area (Å²) >= 11 is 0. The summed E-state index contributed by atoms with van der Waals surface area (Å²) in [5.41, 5.74) is 5.04. The number of carbonyl (C=O) groups excluding carboxylic acids is 1. The molecule has 0 spiro atoms. The molecular weight excluding hydrogens is 420 g/mol. The SMILES string of the molecule is Cc1ccccc1N(CC(=O)N[C@H](C)c1ccc2c(c1)CCC2)S(=O)(=O)c1ccccc1. The van der Waals surface area contributed by atoms with Crippen molar-refractivity contribution < 1.29 is 13.2 Å². The van der Waals surface area contributed by atoms with Crippen LogP contribution in [0.15, 0.2) is 77.7 Å². The van der Waals surface area contributed by atoms with Crippen molar-refractivity contribution in [2.75, 3.05) is 10.8 Å². The number of hydrogen-bond acceptors (Lipinski definition) is 3. The Morgan fingerprint density at radius 2 is 1.66 bits per heavy atom. The van der Waals surface area contributed by atoms with Crippen LogP contribution in [0.3, 0.4) is 0 Å². The van der Waals surface area contributed by atoms with E-state index in [0.29, 0.717) is 5.69 Å². The van der Waals surface area contributed by atoms with Gasteiger partial charge >= 0.3 is 0 Å². The van der Waals surface area contributed by atoms with Crippen molar-refractivity contribution in [2.45, 2.75) is 44.0 Å². The zero-order valence-electron chi connectivity index (χ0n) is 18.4. The molecule has 166 valence electrons. The molecule has 0 saturated heterocycles. The van der Waals surface area contributed by atoms with E-state index in [9.17, 15) is 13.2 Å². The maximum absolute atomic E-state index is 13.5. The Balaban J connectivity index is 1.58. The Morgan fingerprint density at radius 3 is 2.41 bits per heavy atom. The van der Waals surface area contributed by atoms with E-state index in [4.69, 9.17) is 0 Å². The molecule has 5 nitrogen and oxygen atoms in total. The number of nitrogens with zero attached hydrogens (tertiary/aromatic N) is 1. The minimum absolute atomic E-state index is 0.155. The predicted molar refractivity (Wildman–Crippen MR) is 127 cm³/mol. The second kappa shape index (κ2) is 9.17. The summed E-state index contributed by atoms with van der Waals surface area (Å²) in [6.07, 6.45) is 3.35. The van der Waals surface area contributed by atoms with Crippen molar-refractivity contribution >= 4 is 21.6 Å². The van der Waals surface area contributed by atoms with E-state index in [0.717, 1.165) is 24.0 Å². The first-order valence-electron chi connectivity index (χ1n) is 10.9. The number of amides is 1. The highest BCUT2D eigenvalue weighted by molar-refractivity contribution is 7.92. The summed E-state index contributed by atoms with van der Waals surface area (Å²) in [5.74, 6) is -0.347. The van der Waals surface area contributed by atoms with E-state index in [-0.39, 0.29) is 23.4 Å². The van der Waals surface area contributed by atoms with Crippen LogP contribution in [0.1, 0.15) is 41.6 Å². The molecule has 3 aromatic rings. The Hall–Kier alpha value is -3.12. The zero-order chi connectivity index (χ0) is 22.7. The molecule has 3 aromatic carbocycles. The predicted octanol–water partition coefficient (Wildman–Crippen LogP) is 4.56. The molecule has 4 rings (SSSR count). The Morgan fingerprint density at radius 1 is 0.969 bits per heavy atom. The lowest BCUT2D eigenvalue weighted by Gasteiger charge is -2.26. The second-order valence-electron chi connectivity index (χ2n) is 8.28. The van der Waals surface area contributed by atoms with Crippen molar-refractivity contribution in [2.24, 2.45) is 0 Å². The van der Waals surface area contributed by atoms with Gasteiger partial charge in [0.15, 0.2) is 0 Å². The van der Waals surface area contributed by atoms with E-state index >= 15 is 0 Å². The molecule has 0 fully saturated rings. The van der Waals surface area contributed by atoms with Crippen LogP contribution in [-0.2, 0) is 27.7 Å². The van der Waals surface area contributed by atoms with Crippen molar-refractivity contribution in [3.05, 3.63) is 95.1 Å². The molecule has 0 unspecified atom stereocenters. The van der Waals surface area contributed by atoms with Gasteiger partial charge in [0.25, 0.3) is 10.0 Å². The van der Waals surface area contributed by atoms with Crippen LogP contribution in [0.4, 0.5) is 5.69 Å². The van der Waals surface area contributed by atoms with Crippen LogP contribution in [0.25, 0.3) is 0 Å². The van der Waals surface area contributed by atoms with Gasteiger partial charge in [-0.3, -0.25) is 9.10 Å². The number of rotatable bonds is 7. The summed E-state index contributed by atoms with van der Waals surface area (Å²) in [7, 11) is -3.91. The van der Waals surface area contributed by atoms with E-state index in [1.54, 1.807) is 42.5 Å². The van der Waals surface area contributed by atoms with Crippen LogP contribution in [-0.4, -0.2) is 20.9 Å². The van der Waals surface area contributed by atoms with Crippen LogP contribution in [0.5, 0.6) is 0 Å². The second-order valence-corrected chi connectivity index (χ2v) is 10.1. The monoisotopic (exact) mass is 448 g/mol. The largest absolute Gasteiger partial charge is 0.348 e. The van der Waals surface area contributed by atoms with Crippen molar-refractivity contribution in [3.63, 3.8) is 0 Å². The maximum Gasteiger partial charge on any atom is 0.264 e. The first-order chi connectivity index (χ1) is 15.4. The molecule has 0 radical (unpaired) electrons. The van der Waals surface area contributed by atoms with E-state index in [1.165, 1.54) is 21.9 Å². The number of para-hydroxylation sites is 1. The number of carbonyl (C=O) groups is 1. The fourth-order valence-corrected chi connectivity index (χ4v) is 5.73. The van der Waals surface area contributed by atoms with Gasteiger partial charge in [-0.25, -0.2) is 8.42 Å². The number of nitrogens with one attached hydrogen (secondary N) is 1. The average Bonchev–Trinajstić information content (AvgIpc) is 3.26. The van der Waals surface area contributed by atoms with Crippen molar-refractivity contribution in [3.8, 4) is 0 Å². The lowest BCUT2D eigenvalue weighted by Crippen LogP contribution is -2.41. The number of hydrogen-bond donors (Lipinski definition) is 1. The molecule has 1 amide bonds. The van der Waals surface area contributed by atoms with E-state index in [1.807, 2.05) is 26.0 Å². The molecule has 0 aromatic heterocycles. The molecule has 0 aliphatic heterocycles. The molecule has 0 bridgehead atoms. The summed E-state index contributed by atoms with van der Waals surface area (Å²) in [5, 5.41) is 2.99. The zero-order valence-corrected chi connectivity index (χ0v) is 19.2. The van der Waals surface area contributed by atoms with Gasteiger partial charge in [0.2, 0.25) is 5.91 Å². The Kier molecular flexibility index (Phi) is 6.33. The highest BCUT2D eigenvalue weighted by Gasteiger charge is 2.28. The molecule has 6 heteroatoms. The quantitative estimate of drug-likeness (QED) is 0.576. The summed E-state index contributed by atoms with van der Waals surface area (Å²) in [4.78, 5) is 13.2. The topological polar surface area (TPSA) is 66.5 Å². The van der Waals surface area contributed by atoms with E-state index in [2.05, 4.69) is 23.5 Å². The smallest absolute Gasteiger partial charge is 0.264 e. The summed E-state index contributed by atoms with van der Waals surface area (Å²) in [6.45, 7) is 3.48. The number of sulfonamides is 1. The molecule has 1 atom stereocenters. The van der Waals surface area contributed by atoms with Gasteiger partial charge in [0.05, 0.1) is 16.6 Å². The number of anilines is 1. The Bertz CT molecular complexity index is 1220. The van der Waals surface area contributed by atoms with Gasteiger partial charge in [0, 0.05) is 0 Å². The van der Waals surface area contributed by atoms with Crippen LogP contribution in [0.2, 0.25) is 0 Å². The van der Waals surface area contributed by atoms with Gasteiger partial charge in [0.1, 0.15) is 6.54 Å². The lowest BCUT2D eigenvalue weighted by molar-refractivity contribution is -0.120. The molecule has 0 saturated carbocycles. The van der Waals surface area contributed by atoms with Crippen LogP contribution in [0, 0.1) is 6.92 Å². The normalized spacial score (nSPS) is 13.9. The minimum Gasteiger partial charge on any atom is -0.348 e. The molecular formula is C26H28N2O3S. The average molecular weight is 449 g/mol. The third kappa shape index (κ3) is 4.55. The van der Waals surface area contributed by atoms with Gasteiger partial charge in [-0.15, -0.1) is 0 Å². The van der Waals surface area contributed by atoms with Gasteiger partial charge in [-0.05, 0) is 73.6 Å². The molecule has 0 heterocycles. The third-order valence-corrected chi connectivity index (χ3v) is 7.78. The fraction of sp³-hybridized carbons (Fsp3) is 0.269. The van der Waals surface area contributed by atoms with Crippen LogP contribution < -0.4 is 9.62 Å². The Labute approximate surface area is 190 Å². The summed E-state index contributed by atoms with van der Waals surface area (Å²) in [6, 6.07) is 21.6. The van der Waals surface area contributed by atoms with Gasteiger partial charge in [-0.1, -0.05) is 54.6 Å². The van der Waals surface area contributed by atoms with Crippen molar-refractivity contribution in [1.29, 1.82) is 0 Å². The minimum atomic E-state index is -3.91. The van der Waals surface area contributed by atoms with Gasteiger partial charge < -0.3 is 5.32 Å². The first kappa shape index (κ1) is 22.1. The fourth-order valence-electron chi connectivity index (χ4n) is 4.22. The number of fused-ring (bicyclic) bond motifs is 1. The number of aryl methyl sites for hydroxylation is 3. The van der Waals surface area contributed by atoms with Crippen molar-refractivity contribution in [1.82, 2.24) is 5.32 Å². The van der Waals surface area contributed by atoms with Crippen LogP contribution >= 0.6 is 0 Å². The van der Waals surface area contributed by atoms with Gasteiger partial charge in [-0.2, -0.15) is 0 Å². The third-order valence-electron chi connectivity index (χ3n) is 6.00. The highest BCUT2D eigenvalue weighted by atomic mass is 32.2. The molecule has 1 aliphatic carbocycles. The molecule has 32 heavy (non-hydrogen) atoms. The first-order valence-corrected chi connectivity index (χ1v) is 12.3. The standard InChI is InChI=1S/C26H28N2O3S/c1-19-9-6-7-14-25(19)28(32(30,31)24-12-4-3-5-13-24)18-26(29)27-20(2)22-16-15-21-10-8-11-23(21)17-22/h3-7,9,12-17,20H,8,10-11,18H2,1-2H3,(H,27,29)/t20-/m1/s1. The van der Waals surface area contributed by atoms with E-state index < -0.39 is 10.0 Å². The highest BCUT2D eigenvalue weighted by Crippen LogP contribution is 2.28. The lowest BCUT2D eigenvalue weighted by atomic mass is 10.0. The number of benzene rings is 3. The molecule has 1 aliphatic rings. The summed E-state index contributed by atoms with van der Waals surface area (Å²) < 4.78 is 28.1. The maximum atomic E-state index is 13.5. The molecule has 1 N–H and O–H groups in total.